The predicted molar refractivity (Wildman–Crippen MR) is 75.2 cm³/mol. The quantitative estimate of drug-likeness (QED) is 0.802. The van der Waals surface area contributed by atoms with E-state index in [1.807, 2.05) is 6.07 Å². The van der Waals surface area contributed by atoms with Gasteiger partial charge in [0.15, 0.2) is 0 Å². The van der Waals surface area contributed by atoms with Crippen molar-refractivity contribution >= 4 is 28.7 Å². The number of aromatic nitrogens is 1. The van der Waals surface area contributed by atoms with Gasteiger partial charge in [0.05, 0.1) is 5.02 Å². The largest absolute Gasteiger partial charge is 0.299 e. The van der Waals surface area contributed by atoms with Crippen molar-refractivity contribution in [3.63, 3.8) is 0 Å². The highest BCUT2D eigenvalue weighted by Gasteiger charge is 2.07. The molecule has 0 aliphatic heterocycles. The molecule has 0 aliphatic carbocycles. The number of carbonyl (C=O) groups excluding carboxylic acids is 1. The summed E-state index contributed by atoms with van der Waals surface area (Å²) in [5.74, 6) is 0.236. The summed E-state index contributed by atoms with van der Waals surface area (Å²) in [6.07, 6.45) is 6.15. The third-order valence-corrected chi connectivity index (χ3v) is 3.98. The van der Waals surface area contributed by atoms with E-state index in [0.717, 1.165) is 18.4 Å². The van der Waals surface area contributed by atoms with Gasteiger partial charge in [-0.25, -0.2) is 0 Å². The van der Waals surface area contributed by atoms with Crippen LogP contribution in [0.25, 0.3) is 0 Å². The van der Waals surface area contributed by atoms with Crippen LogP contribution in [-0.2, 0) is 17.6 Å². The minimum absolute atomic E-state index is 0.236. The molecule has 0 saturated carbocycles. The molecule has 0 saturated heterocycles. The van der Waals surface area contributed by atoms with Crippen molar-refractivity contribution in [1.82, 2.24) is 4.98 Å². The number of thiophene rings is 1. The van der Waals surface area contributed by atoms with E-state index in [1.165, 1.54) is 4.88 Å². The summed E-state index contributed by atoms with van der Waals surface area (Å²) >= 11 is 7.71. The number of aryl methyl sites for hydroxylation is 1. The number of carbonyl (C=O) groups is 1. The summed E-state index contributed by atoms with van der Waals surface area (Å²) in [4.78, 5) is 17.1. The van der Waals surface area contributed by atoms with Gasteiger partial charge in [-0.3, -0.25) is 9.78 Å². The van der Waals surface area contributed by atoms with E-state index in [2.05, 4.69) is 16.4 Å². The zero-order chi connectivity index (χ0) is 12.8. The standard InChI is InChI=1S/C14H14ClNOS/c15-14-10-16-7-6-11(14)9-12(17)3-1-4-13-5-2-8-18-13/h2,5-8,10H,1,3-4,9H2. The predicted octanol–water partition coefficient (Wildman–Crippen LogP) is 3.93. The molecule has 2 aromatic heterocycles. The van der Waals surface area contributed by atoms with Crippen molar-refractivity contribution in [2.24, 2.45) is 0 Å². The highest BCUT2D eigenvalue weighted by molar-refractivity contribution is 7.09. The number of hydrogen-bond donors (Lipinski definition) is 0. The summed E-state index contributed by atoms with van der Waals surface area (Å²) in [5.41, 5.74) is 0.868. The Labute approximate surface area is 116 Å². The van der Waals surface area contributed by atoms with Crippen molar-refractivity contribution in [3.8, 4) is 0 Å². The normalized spacial score (nSPS) is 10.5. The molecule has 0 atom stereocenters. The summed E-state index contributed by atoms with van der Waals surface area (Å²) in [6.45, 7) is 0. The Bertz CT molecular complexity index is 510. The van der Waals surface area contributed by atoms with Crippen LogP contribution in [0, 0.1) is 0 Å². The number of hydrogen-bond acceptors (Lipinski definition) is 3. The molecule has 0 unspecified atom stereocenters. The minimum Gasteiger partial charge on any atom is -0.299 e. The number of nitrogens with zero attached hydrogens (tertiary/aromatic N) is 1. The molecule has 0 spiro atoms. The number of pyridine rings is 1. The van der Waals surface area contributed by atoms with Gasteiger partial charge in [-0.2, -0.15) is 0 Å². The van der Waals surface area contributed by atoms with Crippen molar-refractivity contribution in [1.29, 1.82) is 0 Å². The Hall–Kier alpha value is -1.19. The van der Waals surface area contributed by atoms with Crippen LogP contribution < -0.4 is 0 Å². The van der Waals surface area contributed by atoms with Crippen molar-refractivity contribution in [2.45, 2.75) is 25.7 Å². The minimum atomic E-state index is 0.236. The zero-order valence-electron chi connectivity index (χ0n) is 9.93. The maximum Gasteiger partial charge on any atom is 0.137 e. The highest BCUT2D eigenvalue weighted by atomic mass is 35.5. The molecule has 94 valence electrons. The molecular weight excluding hydrogens is 266 g/mol. The topological polar surface area (TPSA) is 30.0 Å². The second kappa shape index (κ2) is 6.66. The monoisotopic (exact) mass is 279 g/mol. The first-order chi connectivity index (χ1) is 8.75. The molecule has 2 heterocycles. The van der Waals surface area contributed by atoms with E-state index in [0.29, 0.717) is 17.9 Å². The average molecular weight is 280 g/mol. The fourth-order valence-electron chi connectivity index (χ4n) is 1.76. The van der Waals surface area contributed by atoms with E-state index < -0.39 is 0 Å². The Morgan fingerprint density at radius 1 is 1.39 bits per heavy atom. The van der Waals surface area contributed by atoms with Gasteiger partial charge in [0.2, 0.25) is 0 Å². The van der Waals surface area contributed by atoms with E-state index in [4.69, 9.17) is 11.6 Å². The molecule has 0 radical (unpaired) electrons. The van der Waals surface area contributed by atoms with Crippen LogP contribution in [-0.4, -0.2) is 10.8 Å². The molecular formula is C14H14ClNOS. The molecule has 0 aromatic carbocycles. The van der Waals surface area contributed by atoms with Crippen LogP contribution >= 0.6 is 22.9 Å². The lowest BCUT2D eigenvalue weighted by Gasteiger charge is -2.02. The van der Waals surface area contributed by atoms with Crippen LogP contribution in [0.2, 0.25) is 5.02 Å². The van der Waals surface area contributed by atoms with Gasteiger partial charge in [-0.15, -0.1) is 11.3 Å². The number of Topliss-reactive ketones (excluding diaryl/α,β-unsaturated/α-hetero) is 1. The van der Waals surface area contributed by atoms with E-state index >= 15 is 0 Å². The van der Waals surface area contributed by atoms with Gasteiger partial charge < -0.3 is 0 Å². The molecule has 2 rings (SSSR count). The van der Waals surface area contributed by atoms with Crippen molar-refractivity contribution in [3.05, 3.63) is 51.4 Å². The van der Waals surface area contributed by atoms with Gasteiger partial charge in [-0.1, -0.05) is 17.7 Å². The fourth-order valence-corrected chi connectivity index (χ4v) is 2.70. The second-order valence-corrected chi connectivity index (χ2v) is 5.55. The van der Waals surface area contributed by atoms with E-state index in [9.17, 15) is 4.79 Å². The average Bonchev–Trinajstić information content (AvgIpc) is 2.85. The first-order valence-corrected chi connectivity index (χ1v) is 7.14. The van der Waals surface area contributed by atoms with Gasteiger partial charge in [0.25, 0.3) is 0 Å². The first-order valence-electron chi connectivity index (χ1n) is 5.88. The van der Waals surface area contributed by atoms with Crippen LogP contribution in [0.1, 0.15) is 23.3 Å². The van der Waals surface area contributed by atoms with E-state index in [-0.39, 0.29) is 5.78 Å². The molecule has 0 amide bonds. The Balaban J connectivity index is 1.77. The molecule has 18 heavy (non-hydrogen) atoms. The van der Waals surface area contributed by atoms with Crippen LogP contribution in [0.4, 0.5) is 0 Å². The number of ketones is 1. The smallest absolute Gasteiger partial charge is 0.137 e. The second-order valence-electron chi connectivity index (χ2n) is 4.12. The first kappa shape index (κ1) is 13.2. The molecule has 4 heteroatoms. The van der Waals surface area contributed by atoms with Crippen molar-refractivity contribution < 1.29 is 4.79 Å². The fraction of sp³-hybridized carbons (Fsp3) is 0.286. The Morgan fingerprint density at radius 3 is 3.00 bits per heavy atom. The Kier molecular flexibility index (Phi) is 4.90. The summed E-state index contributed by atoms with van der Waals surface area (Å²) < 4.78 is 0. The number of rotatable bonds is 6. The maximum absolute atomic E-state index is 11.8. The van der Waals surface area contributed by atoms with Gasteiger partial charge in [-0.05, 0) is 35.9 Å². The van der Waals surface area contributed by atoms with Gasteiger partial charge >= 0.3 is 0 Å². The molecule has 0 aliphatic rings. The summed E-state index contributed by atoms with van der Waals surface area (Å²) in [6, 6.07) is 5.95. The van der Waals surface area contributed by atoms with E-state index in [1.54, 1.807) is 29.8 Å². The molecule has 2 nitrogen and oxygen atoms in total. The molecule has 2 aromatic rings. The molecule has 0 fully saturated rings. The van der Waals surface area contributed by atoms with Crippen LogP contribution in [0.3, 0.4) is 0 Å². The number of halogens is 1. The summed E-state index contributed by atoms with van der Waals surface area (Å²) in [5, 5.41) is 2.64. The van der Waals surface area contributed by atoms with Crippen molar-refractivity contribution in [2.75, 3.05) is 0 Å². The third-order valence-electron chi connectivity index (χ3n) is 2.70. The van der Waals surface area contributed by atoms with Crippen LogP contribution in [0.5, 0.6) is 0 Å². The van der Waals surface area contributed by atoms with Gasteiger partial charge in [0, 0.05) is 30.1 Å². The lowest BCUT2D eigenvalue weighted by Crippen LogP contribution is -2.03. The Morgan fingerprint density at radius 2 is 2.28 bits per heavy atom. The highest BCUT2D eigenvalue weighted by Crippen LogP contribution is 2.16. The molecule has 0 N–H and O–H groups in total. The summed E-state index contributed by atoms with van der Waals surface area (Å²) in [7, 11) is 0. The van der Waals surface area contributed by atoms with Gasteiger partial charge in [0.1, 0.15) is 5.78 Å². The lowest BCUT2D eigenvalue weighted by atomic mass is 10.1. The third kappa shape index (κ3) is 3.93. The molecule has 0 bridgehead atoms. The lowest BCUT2D eigenvalue weighted by molar-refractivity contribution is -0.118. The SMILES string of the molecule is O=C(CCCc1cccs1)Cc1ccncc1Cl. The zero-order valence-corrected chi connectivity index (χ0v) is 11.5. The van der Waals surface area contributed by atoms with Crippen LogP contribution in [0.15, 0.2) is 36.0 Å². The maximum atomic E-state index is 11.8.